The molecule has 0 aliphatic carbocycles. The minimum absolute atomic E-state index is 0.176. The standard InChI is InChI=1S/C19H18F4N6O2/c1-27-14-3-2-12(20)8-13(14)17(26-27)18(30)29-6-4-28(5-7-29)15-9-16(25-11-24-15)31-10-19(21,22)23/h2-3,8-9,11H,4-7,10H2,1H3. The molecule has 164 valence electrons. The fourth-order valence-electron chi connectivity index (χ4n) is 3.42. The van der Waals surface area contributed by atoms with Gasteiger partial charge in [0.25, 0.3) is 5.91 Å². The number of rotatable bonds is 4. The number of aromatic nitrogens is 4. The quantitative estimate of drug-likeness (QED) is 0.583. The second-order valence-corrected chi connectivity index (χ2v) is 7.03. The summed E-state index contributed by atoms with van der Waals surface area (Å²) in [5.41, 5.74) is 0.825. The number of benzene rings is 1. The Bertz CT molecular complexity index is 1110. The number of amides is 1. The summed E-state index contributed by atoms with van der Waals surface area (Å²) in [5, 5.41) is 4.69. The first-order valence-corrected chi connectivity index (χ1v) is 9.39. The lowest BCUT2D eigenvalue weighted by Gasteiger charge is -2.35. The number of carbonyl (C=O) groups is 1. The lowest BCUT2D eigenvalue weighted by atomic mass is 10.1. The first kappa shape index (κ1) is 20.8. The summed E-state index contributed by atoms with van der Waals surface area (Å²) in [6, 6.07) is 5.50. The van der Waals surface area contributed by atoms with E-state index < -0.39 is 18.6 Å². The van der Waals surface area contributed by atoms with E-state index in [1.54, 1.807) is 18.0 Å². The highest BCUT2D eigenvalue weighted by atomic mass is 19.4. The molecule has 1 aliphatic rings. The maximum atomic E-state index is 13.7. The van der Waals surface area contributed by atoms with Crippen molar-refractivity contribution in [1.29, 1.82) is 0 Å². The third-order valence-corrected chi connectivity index (χ3v) is 4.92. The topological polar surface area (TPSA) is 76.4 Å². The van der Waals surface area contributed by atoms with Gasteiger partial charge in [0.05, 0.1) is 5.52 Å². The average Bonchev–Trinajstić information content (AvgIpc) is 3.07. The van der Waals surface area contributed by atoms with Crippen LogP contribution in [0, 0.1) is 5.82 Å². The molecular weight excluding hydrogens is 420 g/mol. The molecule has 0 spiro atoms. The summed E-state index contributed by atoms with van der Waals surface area (Å²) in [5.74, 6) is -0.535. The normalized spacial score (nSPS) is 14.9. The average molecular weight is 438 g/mol. The Labute approximate surface area is 174 Å². The van der Waals surface area contributed by atoms with Gasteiger partial charge in [-0.15, -0.1) is 0 Å². The largest absolute Gasteiger partial charge is 0.468 e. The van der Waals surface area contributed by atoms with Gasteiger partial charge < -0.3 is 14.5 Å². The molecule has 0 N–H and O–H groups in total. The van der Waals surface area contributed by atoms with Gasteiger partial charge in [-0.2, -0.15) is 18.3 Å². The van der Waals surface area contributed by atoms with Crippen molar-refractivity contribution >= 4 is 22.6 Å². The van der Waals surface area contributed by atoms with Crippen molar-refractivity contribution in [3.05, 3.63) is 42.1 Å². The van der Waals surface area contributed by atoms with E-state index in [0.717, 1.165) is 6.33 Å². The number of hydrogen-bond donors (Lipinski definition) is 0. The zero-order chi connectivity index (χ0) is 22.2. The van der Waals surface area contributed by atoms with Gasteiger partial charge in [-0.1, -0.05) is 0 Å². The molecule has 0 atom stereocenters. The predicted octanol–water partition coefficient (Wildman–Crippen LogP) is 2.41. The molecule has 1 aliphatic heterocycles. The predicted molar refractivity (Wildman–Crippen MR) is 102 cm³/mol. The third kappa shape index (κ3) is 4.52. The number of ether oxygens (including phenoxy) is 1. The lowest BCUT2D eigenvalue weighted by molar-refractivity contribution is -0.154. The number of aryl methyl sites for hydroxylation is 1. The first-order valence-electron chi connectivity index (χ1n) is 9.39. The van der Waals surface area contributed by atoms with E-state index in [-0.39, 0.29) is 17.5 Å². The fourth-order valence-corrected chi connectivity index (χ4v) is 3.42. The molecule has 8 nitrogen and oxygen atoms in total. The van der Waals surface area contributed by atoms with Gasteiger partial charge >= 0.3 is 6.18 Å². The monoisotopic (exact) mass is 438 g/mol. The molecule has 1 amide bonds. The molecular formula is C19H18F4N6O2. The van der Waals surface area contributed by atoms with Crippen LogP contribution in [0.1, 0.15) is 10.5 Å². The van der Waals surface area contributed by atoms with Crippen LogP contribution in [0.25, 0.3) is 10.9 Å². The van der Waals surface area contributed by atoms with Gasteiger partial charge in [-0.3, -0.25) is 9.48 Å². The lowest BCUT2D eigenvalue weighted by Crippen LogP contribution is -2.49. The highest BCUT2D eigenvalue weighted by Crippen LogP contribution is 2.23. The van der Waals surface area contributed by atoms with Gasteiger partial charge in [-0.05, 0) is 18.2 Å². The Morgan fingerprint density at radius 1 is 1.13 bits per heavy atom. The minimum Gasteiger partial charge on any atom is -0.468 e. The zero-order valence-electron chi connectivity index (χ0n) is 16.4. The first-order chi connectivity index (χ1) is 14.7. The van der Waals surface area contributed by atoms with E-state index in [9.17, 15) is 22.4 Å². The van der Waals surface area contributed by atoms with E-state index in [1.807, 2.05) is 4.90 Å². The summed E-state index contributed by atoms with van der Waals surface area (Å²) >= 11 is 0. The Morgan fingerprint density at radius 2 is 1.87 bits per heavy atom. The molecule has 4 rings (SSSR count). The van der Waals surface area contributed by atoms with Crippen LogP contribution in [0.3, 0.4) is 0 Å². The molecule has 0 unspecified atom stereocenters. The van der Waals surface area contributed by atoms with E-state index >= 15 is 0 Å². The molecule has 1 aromatic carbocycles. The molecule has 3 heterocycles. The van der Waals surface area contributed by atoms with Crippen molar-refractivity contribution < 1.29 is 27.1 Å². The second-order valence-electron chi connectivity index (χ2n) is 7.03. The van der Waals surface area contributed by atoms with Crippen molar-refractivity contribution in [2.75, 3.05) is 37.7 Å². The van der Waals surface area contributed by atoms with Crippen molar-refractivity contribution in [1.82, 2.24) is 24.6 Å². The SMILES string of the molecule is Cn1nc(C(=O)N2CCN(c3cc(OCC(F)(F)F)ncn3)CC2)c2cc(F)ccc21. The van der Waals surface area contributed by atoms with Gasteiger partial charge in [0, 0.05) is 44.7 Å². The number of halogens is 4. The van der Waals surface area contributed by atoms with Gasteiger partial charge in [0.15, 0.2) is 12.3 Å². The van der Waals surface area contributed by atoms with Crippen molar-refractivity contribution in [2.45, 2.75) is 6.18 Å². The number of piperazine rings is 1. The molecule has 3 aromatic rings. The minimum atomic E-state index is -4.46. The summed E-state index contributed by atoms with van der Waals surface area (Å²) < 4.78 is 56.9. The number of anilines is 1. The van der Waals surface area contributed by atoms with E-state index in [2.05, 4.69) is 19.8 Å². The molecule has 12 heteroatoms. The number of nitrogens with zero attached hydrogens (tertiary/aromatic N) is 6. The second kappa shape index (κ2) is 8.00. The van der Waals surface area contributed by atoms with Crippen LogP contribution in [0.5, 0.6) is 5.88 Å². The van der Waals surface area contributed by atoms with Crippen molar-refractivity contribution in [2.24, 2.45) is 7.05 Å². The molecule has 0 saturated carbocycles. The smallest absolute Gasteiger partial charge is 0.422 e. The Morgan fingerprint density at radius 3 is 2.58 bits per heavy atom. The van der Waals surface area contributed by atoms with Crippen LogP contribution >= 0.6 is 0 Å². The highest BCUT2D eigenvalue weighted by Gasteiger charge is 2.29. The molecule has 1 saturated heterocycles. The molecule has 2 aromatic heterocycles. The van der Waals surface area contributed by atoms with Crippen LogP contribution in [0.4, 0.5) is 23.4 Å². The van der Waals surface area contributed by atoms with Crippen molar-refractivity contribution in [3.63, 3.8) is 0 Å². The summed E-state index contributed by atoms with van der Waals surface area (Å²) in [6.07, 6.45) is -3.33. The number of fused-ring (bicyclic) bond motifs is 1. The summed E-state index contributed by atoms with van der Waals surface area (Å²) in [4.78, 5) is 24.2. The third-order valence-electron chi connectivity index (χ3n) is 4.92. The molecule has 31 heavy (non-hydrogen) atoms. The zero-order valence-corrected chi connectivity index (χ0v) is 16.4. The van der Waals surface area contributed by atoms with E-state index in [1.165, 1.54) is 22.9 Å². The van der Waals surface area contributed by atoms with Gasteiger partial charge in [0.1, 0.15) is 18.0 Å². The van der Waals surface area contributed by atoms with Crippen LogP contribution in [0.15, 0.2) is 30.6 Å². The summed E-state index contributed by atoms with van der Waals surface area (Å²) in [7, 11) is 1.68. The van der Waals surface area contributed by atoms with Gasteiger partial charge in [-0.25, -0.2) is 14.4 Å². The maximum Gasteiger partial charge on any atom is 0.422 e. The number of hydrogen-bond acceptors (Lipinski definition) is 6. The molecule has 0 radical (unpaired) electrons. The van der Waals surface area contributed by atoms with Crippen molar-refractivity contribution in [3.8, 4) is 5.88 Å². The van der Waals surface area contributed by atoms with Gasteiger partial charge in [0.2, 0.25) is 5.88 Å². The van der Waals surface area contributed by atoms with Crippen LogP contribution in [-0.4, -0.2) is 69.5 Å². The Hall–Kier alpha value is -3.44. The van der Waals surface area contributed by atoms with Crippen LogP contribution in [0.2, 0.25) is 0 Å². The molecule has 1 fully saturated rings. The molecule has 0 bridgehead atoms. The number of carbonyl (C=O) groups excluding carboxylic acids is 1. The van der Waals surface area contributed by atoms with Crippen LogP contribution in [-0.2, 0) is 7.05 Å². The number of alkyl halides is 3. The van der Waals surface area contributed by atoms with E-state index in [0.29, 0.717) is 42.9 Å². The summed E-state index contributed by atoms with van der Waals surface area (Å²) in [6.45, 7) is 0.0511. The maximum absolute atomic E-state index is 13.7. The Balaban J connectivity index is 1.43. The fraction of sp³-hybridized carbons (Fsp3) is 0.368. The van der Waals surface area contributed by atoms with E-state index in [4.69, 9.17) is 0 Å². The van der Waals surface area contributed by atoms with Crippen LogP contribution < -0.4 is 9.64 Å². The Kier molecular flexibility index (Phi) is 5.38. The highest BCUT2D eigenvalue weighted by molar-refractivity contribution is 6.05.